The molecule has 3 aromatic rings. The Hall–Kier alpha value is -2.31. The van der Waals surface area contributed by atoms with Gasteiger partial charge in [-0.25, -0.2) is 4.98 Å². The molecule has 0 bridgehead atoms. The molecule has 0 atom stereocenters. The molecule has 140 valence electrons. The van der Waals surface area contributed by atoms with E-state index < -0.39 is 0 Å². The maximum absolute atomic E-state index is 12.1. The third-order valence-corrected chi connectivity index (χ3v) is 5.66. The standard InChI is InChI=1S/C20H19ClN2O3S/c21-14-10-13(11-16-20(14)26-9-8-25-16)12-22-18(24)6-3-7-19-23-15-4-1-2-5-17(15)27-19/h1-2,4-5,10-11H,3,6-9,12H2,(H,22,24). The molecule has 4 rings (SSSR count). The van der Waals surface area contributed by atoms with Gasteiger partial charge in [0.1, 0.15) is 13.2 Å². The number of ether oxygens (including phenoxy) is 2. The van der Waals surface area contributed by atoms with E-state index in [1.165, 1.54) is 4.70 Å². The van der Waals surface area contributed by atoms with Crippen molar-refractivity contribution in [3.05, 3.63) is 52.0 Å². The molecule has 1 aliphatic rings. The van der Waals surface area contributed by atoms with Gasteiger partial charge in [0.25, 0.3) is 0 Å². The SMILES string of the molecule is O=C(CCCc1nc2ccccc2s1)NCc1cc(Cl)c2c(c1)OCCO2. The zero-order valence-corrected chi connectivity index (χ0v) is 16.2. The molecule has 1 aromatic heterocycles. The van der Waals surface area contributed by atoms with E-state index in [4.69, 9.17) is 21.1 Å². The Kier molecular flexibility index (Phi) is 5.45. The number of nitrogens with one attached hydrogen (secondary N) is 1. The van der Waals surface area contributed by atoms with Gasteiger partial charge in [-0.3, -0.25) is 4.79 Å². The number of aromatic nitrogens is 1. The van der Waals surface area contributed by atoms with E-state index in [0.717, 1.165) is 28.9 Å². The van der Waals surface area contributed by atoms with Gasteiger partial charge in [0.15, 0.2) is 11.5 Å². The Balaban J connectivity index is 1.26. The summed E-state index contributed by atoms with van der Waals surface area (Å²) in [6, 6.07) is 11.8. The van der Waals surface area contributed by atoms with E-state index in [1.807, 2.05) is 24.3 Å². The fourth-order valence-corrected chi connectivity index (χ4v) is 4.28. The van der Waals surface area contributed by atoms with Gasteiger partial charge in [-0.2, -0.15) is 0 Å². The zero-order chi connectivity index (χ0) is 18.6. The monoisotopic (exact) mass is 402 g/mol. The van der Waals surface area contributed by atoms with Gasteiger partial charge in [-0.15, -0.1) is 11.3 Å². The maximum atomic E-state index is 12.1. The molecule has 0 saturated heterocycles. The lowest BCUT2D eigenvalue weighted by atomic mass is 10.2. The summed E-state index contributed by atoms with van der Waals surface area (Å²) < 4.78 is 12.3. The van der Waals surface area contributed by atoms with E-state index >= 15 is 0 Å². The number of nitrogens with zero attached hydrogens (tertiary/aromatic N) is 1. The van der Waals surface area contributed by atoms with Crippen LogP contribution in [0.1, 0.15) is 23.4 Å². The Morgan fingerprint density at radius 1 is 1.22 bits per heavy atom. The number of carbonyl (C=O) groups excluding carboxylic acids is 1. The number of para-hydroxylation sites is 1. The predicted octanol–water partition coefficient (Wildman–Crippen LogP) is 4.36. The summed E-state index contributed by atoms with van der Waals surface area (Å²) in [4.78, 5) is 16.7. The molecular weight excluding hydrogens is 384 g/mol. The first-order valence-corrected chi connectivity index (χ1v) is 10.1. The first kappa shape index (κ1) is 18.1. The molecule has 0 spiro atoms. The van der Waals surface area contributed by atoms with Gasteiger partial charge in [0.05, 0.1) is 20.2 Å². The van der Waals surface area contributed by atoms with Crippen molar-refractivity contribution in [2.45, 2.75) is 25.8 Å². The molecule has 2 heterocycles. The summed E-state index contributed by atoms with van der Waals surface area (Å²) in [5, 5.41) is 4.51. The number of hydrogen-bond acceptors (Lipinski definition) is 5. The predicted molar refractivity (Wildman–Crippen MR) is 107 cm³/mol. The number of halogens is 1. The first-order chi connectivity index (χ1) is 13.2. The molecule has 7 heteroatoms. The van der Waals surface area contributed by atoms with Crippen LogP contribution in [0.25, 0.3) is 10.2 Å². The Bertz CT molecular complexity index is 940. The molecule has 0 unspecified atom stereocenters. The summed E-state index contributed by atoms with van der Waals surface area (Å²) in [5.74, 6) is 1.23. The molecule has 0 radical (unpaired) electrons. The number of thiazole rings is 1. The molecule has 1 aliphatic heterocycles. The van der Waals surface area contributed by atoms with Crippen LogP contribution < -0.4 is 14.8 Å². The number of benzene rings is 2. The van der Waals surface area contributed by atoms with Crippen LogP contribution in [0.15, 0.2) is 36.4 Å². The zero-order valence-electron chi connectivity index (χ0n) is 14.7. The first-order valence-electron chi connectivity index (χ1n) is 8.88. The van der Waals surface area contributed by atoms with E-state index in [0.29, 0.717) is 42.7 Å². The lowest BCUT2D eigenvalue weighted by Gasteiger charge is -2.20. The number of aryl methyl sites for hydroxylation is 1. The van der Waals surface area contributed by atoms with Gasteiger partial charge in [0, 0.05) is 13.0 Å². The second-order valence-electron chi connectivity index (χ2n) is 6.31. The molecule has 5 nitrogen and oxygen atoms in total. The van der Waals surface area contributed by atoms with Crippen molar-refractivity contribution in [2.75, 3.05) is 13.2 Å². The average Bonchev–Trinajstić information content (AvgIpc) is 3.09. The molecule has 1 N–H and O–H groups in total. The van der Waals surface area contributed by atoms with E-state index in [9.17, 15) is 4.79 Å². The topological polar surface area (TPSA) is 60.5 Å². The van der Waals surface area contributed by atoms with Crippen molar-refractivity contribution >= 4 is 39.1 Å². The Morgan fingerprint density at radius 3 is 2.96 bits per heavy atom. The van der Waals surface area contributed by atoms with Crippen LogP contribution in [0.2, 0.25) is 5.02 Å². The van der Waals surface area contributed by atoms with Gasteiger partial charge in [-0.1, -0.05) is 23.7 Å². The van der Waals surface area contributed by atoms with Crippen molar-refractivity contribution in [2.24, 2.45) is 0 Å². The number of rotatable bonds is 6. The number of fused-ring (bicyclic) bond motifs is 2. The van der Waals surface area contributed by atoms with Crippen LogP contribution in [-0.4, -0.2) is 24.1 Å². The summed E-state index contributed by atoms with van der Waals surface area (Å²) in [6.45, 7) is 1.42. The summed E-state index contributed by atoms with van der Waals surface area (Å²) in [7, 11) is 0. The van der Waals surface area contributed by atoms with Crippen molar-refractivity contribution < 1.29 is 14.3 Å². The van der Waals surface area contributed by atoms with Crippen molar-refractivity contribution in [1.29, 1.82) is 0 Å². The summed E-state index contributed by atoms with van der Waals surface area (Å²) in [5.41, 5.74) is 1.92. The molecule has 0 saturated carbocycles. The van der Waals surface area contributed by atoms with Crippen molar-refractivity contribution in [1.82, 2.24) is 10.3 Å². The third-order valence-electron chi connectivity index (χ3n) is 4.28. The van der Waals surface area contributed by atoms with E-state index in [-0.39, 0.29) is 5.91 Å². The second kappa shape index (κ2) is 8.15. The van der Waals surface area contributed by atoms with Crippen LogP contribution in [0.3, 0.4) is 0 Å². The third kappa shape index (κ3) is 4.34. The largest absolute Gasteiger partial charge is 0.486 e. The van der Waals surface area contributed by atoms with E-state index in [1.54, 1.807) is 17.4 Å². The fraction of sp³-hybridized carbons (Fsp3) is 0.300. The smallest absolute Gasteiger partial charge is 0.220 e. The summed E-state index contributed by atoms with van der Waals surface area (Å²) >= 11 is 7.91. The maximum Gasteiger partial charge on any atom is 0.220 e. The minimum absolute atomic E-state index is 0.0159. The van der Waals surface area contributed by atoms with Crippen LogP contribution >= 0.6 is 22.9 Å². The second-order valence-corrected chi connectivity index (χ2v) is 7.83. The molecule has 0 aliphatic carbocycles. The highest BCUT2D eigenvalue weighted by molar-refractivity contribution is 7.18. The molecule has 2 aromatic carbocycles. The highest BCUT2D eigenvalue weighted by atomic mass is 35.5. The molecule has 1 amide bonds. The van der Waals surface area contributed by atoms with Crippen molar-refractivity contribution in [3.63, 3.8) is 0 Å². The van der Waals surface area contributed by atoms with Gasteiger partial charge in [0.2, 0.25) is 5.91 Å². The molecule has 27 heavy (non-hydrogen) atoms. The van der Waals surface area contributed by atoms with Gasteiger partial charge >= 0.3 is 0 Å². The normalized spacial score (nSPS) is 12.9. The molecular formula is C20H19ClN2O3S. The minimum atomic E-state index is 0.0159. The minimum Gasteiger partial charge on any atom is -0.486 e. The highest BCUT2D eigenvalue weighted by Gasteiger charge is 2.16. The lowest BCUT2D eigenvalue weighted by Crippen LogP contribution is -2.23. The van der Waals surface area contributed by atoms with Crippen LogP contribution in [-0.2, 0) is 17.8 Å². The van der Waals surface area contributed by atoms with Crippen LogP contribution in [0.5, 0.6) is 11.5 Å². The fourth-order valence-electron chi connectivity index (χ4n) is 2.98. The van der Waals surface area contributed by atoms with Gasteiger partial charge in [-0.05, 0) is 42.7 Å². The quantitative estimate of drug-likeness (QED) is 0.665. The van der Waals surface area contributed by atoms with E-state index in [2.05, 4.69) is 16.4 Å². The Labute approximate surface area is 166 Å². The summed E-state index contributed by atoms with van der Waals surface area (Å²) in [6.07, 6.45) is 2.05. The average molecular weight is 403 g/mol. The highest BCUT2D eigenvalue weighted by Crippen LogP contribution is 2.38. The van der Waals surface area contributed by atoms with Crippen LogP contribution in [0, 0.1) is 0 Å². The number of carbonyl (C=O) groups is 1. The molecule has 0 fully saturated rings. The number of hydrogen-bond donors (Lipinski definition) is 1. The number of amides is 1. The van der Waals surface area contributed by atoms with Crippen LogP contribution in [0.4, 0.5) is 0 Å². The Morgan fingerprint density at radius 2 is 2.07 bits per heavy atom. The lowest BCUT2D eigenvalue weighted by molar-refractivity contribution is -0.121. The van der Waals surface area contributed by atoms with Gasteiger partial charge < -0.3 is 14.8 Å². The van der Waals surface area contributed by atoms with Crippen molar-refractivity contribution in [3.8, 4) is 11.5 Å².